The zero-order valence-corrected chi connectivity index (χ0v) is 15.3. The fraction of sp³-hybridized carbons (Fsp3) is 0.500. The molecule has 1 saturated carbocycles. The summed E-state index contributed by atoms with van der Waals surface area (Å²) < 4.78 is 2.21. The highest BCUT2D eigenvalue weighted by Gasteiger charge is 2.32. The normalized spacial score (nSPS) is 17.1. The molecule has 1 saturated heterocycles. The standard InChI is InChI=1S/C16H19ClN6OS/c17-11-3-6-13(18-9-11)19-14(24)10-25-16-21-20-15(22-7-1-2-8-22)23(16)12-4-5-12/h3,6,9,12H,1-2,4-5,7-8,10H2,(H,18,19,24). The highest BCUT2D eigenvalue weighted by molar-refractivity contribution is 7.99. The van der Waals surface area contributed by atoms with E-state index in [9.17, 15) is 4.79 Å². The summed E-state index contributed by atoms with van der Waals surface area (Å²) in [6.07, 6.45) is 6.24. The lowest BCUT2D eigenvalue weighted by atomic mass is 10.4. The molecule has 2 aromatic heterocycles. The number of anilines is 2. The van der Waals surface area contributed by atoms with Gasteiger partial charge in [-0.1, -0.05) is 23.4 Å². The van der Waals surface area contributed by atoms with Gasteiger partial charge in [-0.05, 0) is 37.8 Å². The number of carbonyl (C=O) groups excluding carboxylic acids is 1. The van der Waals surface area contributed by atoms with E-state index in [4.69, 9.17) is 11.6 Å². The molecule has 1 N–H and O–H groups in total. The largest absolute Gasteiger partial charge is 0.341 e. The molecular weight excluding hydrogens is 360 g/mol. The van der Waals surface area contributed by atoms with E-state index in [1.807, 2.05) is 0 Å². The summed E-state index contributed by atoms with van der Waals surface area (Å²) >= 11 is 7.22. The van der Waals surface area contributed by atoms with Gasteiger partial charge < -0.3 is 10.2 Å². The second kappa shape index (κ2) is 7.21. The lowest BCUT2D eigenvalue weighted by Gasteiger charge is -2.17. The fourth-order valence-corrected chi connectivity index (χ4v) is 3.82. The molecule has 7 nitrogen and oxygen atoms in total. The van der Waals surface area contributed by atoms with Crippen LogP contribution >= 0.6 is 23.4 Å². The van der Waals surface area contributed by atoms with Crippen molar-refractivity contribution >= 4 is 41.0 Å². The molecule has 0 unspecified atom stereocenters. The molecule has 2 aromatic rings. The Kier molecular flexibility index (Phi) is 4.80. The summed E-state index contributed by atoms with van der Waals surface area (Å²) in [7, 11) is 0. The maximum Gasteiger partial charge on any atom is 0.236 e. The molecule has 132 valence electrons. The Labute approximate surface area is 155 Å². The van der Waals surface area contributed by atoms with Gasteiger partial charge in [0.05, 0.1) is 10.8 Å². The van der Waals surface area contributed by atoms with Gasteiger partial charge in [0, 0.05) is 25.3 Å². The van der Waals surface area contributed by atoms with Gasteiger partial charge in [0.25, 0.3) is 0 Å². The Bertz CT molecular complexity index is 754. The van der Waals surface area contributed by atoms with Crippen molar-refractivity contribution in [3.05, 3.63) is 23.4 Å². The van der Waals surface area contributed by atoms with E-state index >= 15 is 0 Å². The molecule has 3 heterocycles. The SMILES string of the molecule is O=C(CSc1nnc(N2CCCC2)n1C1CC1)Nc1ccc(Cl)cn1. The average Bonchev–Trinajstić information content (AvgIpc) is 3.13. The van der Waals surface area contributed by atoms with Gasteiger partial charge in [0.2, 0.25) is 11.9 Å². The number of rotatable bonds is 6. The smallest absolute Gasteiger partial charge is 0.236 e. The monoisotopic (exact) mass is 378 g/mol. The summed E-state index contributed by atoms with van der Waals surface area (Å²) in [6.45, 7) is 2.08. The molecule has 0 aromatic carbocycles. The molecule has 2 aliphatic rings. The van der Waals surface area contributed by atoms with E-state index in [-0.39, 0.29) is 11.7 Å². The Morgan fingerprint density at radius 3 is 2.76 bits per heavy atom. The van der Waals surface area contributed by atoms with Crippen molar-refractivity contribution in [1.29, 1.82) is 0 Å². The number of amides is 1. The molecule has 0 atom stereocenters. The first-order valence-corrected chi connectivity index (χ1v) is 9.81. The first-order valence-electron chi connectivity index (χ1n) is 8.45. The van der Waals surface area contributed by atoms with Crippen LogP contribution in [-0.4, -0.2) is 44.5 Å². The molecule has 0 radical (unpaired) electrons. The molecule has 4 rings (SSSR count). The number of hydrogen-bond acceptors (Lipinski definition) is 6. The zero-order chi connectivity index (χ0) is 17.2. The van der Waals surface area contributed by atoms with E-state index in [1.165, 1.54) is 30.8 Å². The quantitative estimate of drug-likeness (QED) is 0.779. The van der Waals surface area contributed by atoms with Crippen LogP contribution in [0.3, 0.4) is 0 Å². The highest BCUT2D eigenvalue weighted by Crippen LogP contribution is 2.41. The Morgan fingerprint density at radius 2 is 2.08 bits per heavy atom. The number of halogens is 1. The fourth-order valence-electron chi connectivity index (χ4n) is 2.91. The van der Waals surface area contributed by atoms with E-state index in [1.54, 1.807) is 12.1 Å². The Balaban J connectivity index is 1.40. The number of aromatic nitrogens is 4. The molecule has 25 heavy (non-hydrogen) atoms. The number of nitrogens with zero attached hydrogens (tertiary/aromatic N) is 5. The van der Waals surface area contributed by atoms with E-state index < -0.39 is 0 Å². The van der Waals surface area contributed by atoms with E-state index in [0.717, 1.165) is 37.0 Å². The highest BCUT2D eigenvalue weighted by atomic mass is 35.5. The third kappa shape index (κ3) is 3.90. The number of carbonyl (C=O) groups is 1. The molecule has 2 fully saturated rings. The summed E-state index contributed by atoms with van der Waals surface area (Å²) in [5.74, 6) is 1.61. The zero-order valence-electron chi connectivity index (χ0n) is 13.7. The van der Waals surface area contributed by atoms with Crippen molar-refractivity contribution in [3.63, 3.8) is 0 Å². The third-order valence-electron chi connectivity index (χ3n) is 4.27. The maximum atomic E-state index is 12.2. The first kappa shape index (κ1) is 16.7. The van der Waals surface area contributed by atoms with E-state index in [0.29, 0.717) is 16.9 Å². The van der Waals surface area contributed by atoms with Crippen molar-refractivity contribution in [3.8, 4) is 0 Å². The van der Waals surface area contributed by atoms with Crippen LogP contribution in [0.25, 0.3) is 0 Å². The van der Waals surface area contributed by atoms with Gasteiger partial charge in [0.15, 0.2) is 5.16 Å². The van der Waals surface area contributed by atoms with Crippen LogP contribution in [0.1, 0.15) is 31.7 Å². The molecule has 0 bridgehead atoms. The van der Waals surface area contributed by atoms with Crippen molar-refractivity contribution in [2.24, 2.45) is 0 Å². The second-order valence-electron chi connectivity index (χ2n) is 6.28. The molecular formula is C16H19ClN6OS. The Hall–Kier alpha value is -1.80. The number of pyridine rings is 1. The topological polar surface area (TPSA) is 75.9 Å². The molecule has 1 aliphatic heterocycles. The lowest BCUT2D eigenvalue weighted by molar-refractivity contribution is -0.113. The van der Waals surface area contributed by atoms with Gasteiger partial charge in [-0.25, -0.2) is 4.98 Å². The molecule has 1 amide bonds. The first-order chi connectivity index (χ1) is 12.2. The van der Waals surface area contributed by atoms with Crippen LogP contribution in [0.4, 0.5) is 11.8 Å². The van der Waals surface area contributed by atoms with Gasteiger partial charge in [-0.2, -0.15) is 0 Å². The summed E-state index contributed by atoms with van der Waals surface area (Å²) in [5.41, 5.74) is 0. The number of hydrogen-bond donors (Lipinski definition) is 1. The van der Waals surface area contributed by atoms with Gasteiger partial charge in [-0.15, -0.1) is 10.2 Å². The van der Waals surface area contributed by atoms with Crippen LogP contribution in [0, 0.1) is 0 Å². The Morgan fingerprint density at radius 1 is 1.28 bits per heavy atom. The van der Waals surface area contributed by atoms with Crippen molar-refractivity contribution < 1.29 is 4.79 Å². The number of nitrogens with one attached hydrogen (secondary N) is 1. The molecule has 9 heteroatoms. The lowest BCUT2D eigenvalue weighted by Crippen LogP contribution is -2.22. The van der Waals surface area contributed by atoms with E-state index in [2.05, 4.69) is 30.0 Å². The number of thioether (sulfide) groups is 1. The maximum absolute atomic E-state index is 12.2. The van der Waals surface area contributed by atoms with Crippen molar-refractivity contribution in [1.82, 2.24) is 19.7 Å². The van der Waals surface area contributed by atoms with Crippen LogP contribution < -0.4 is 10.2 Å². The van der Waals surface area contributed by atoms with Crippen molar-refractivity contribution in [2.75, 3.05) is 29.1 Å². The van der Waals surface area contributed by atoms with Crippen LogP contribution in [0.2, 0.25) is 5.02 Å². The van der Waals surface area contributed by atoms with Crippen LogP contribution in [0.15, 0.2) is 23.5 Å². The third-order valence-corrected chi connectivity index (χ3v) is 5.44. The minimum Gasteiger partial charge on any atom is -0.341 e. The summed E-state index contributed by atoms with van der Waals surface area (Å²) in [6, 6.07) is 3.86. The molecule has 1 aliphatic carbocycles. The predicted octanol–water partition coefficient (Wildman–Crippen LogP) is 2.99. The van der Waals surface area contributed by atoms with Crippen molar-refractivity contribution in [2.45, 2.75) is 36.9 Å². The van der Waals surface area contributed by atoms with Crippen LogP contribution in [-0.2, 0) is 4.79 Å². The molecule has 0 spiro atoms. The predicted molar refractivity (Wildman–Crippen MR) is 98.3 cm³/mol. The second-order valence-corrected chi connectivity index (χ2v) is 7.66. The van der Waals surface area contributed by atoms with Crippen LogP contribution in [0.5, 0.6) is 0 Å². The summed E-state index contributed by atoms with van der Waals surface area (Å²) in [5, 5.41) is 12.9. The van der Waals surface area contributed by atoms with Gasteiger partial charge >= 0.3 is 0 Å². The minimum absolute atomic E-state index is 0.118. The minimum atomic E-state index is -0.118. The van der Waals surface area contributed by atoms with Gasteiger partial charge in [0.1, 0.15) is 5.82 Å². The van der Waals surface area contributed by atoms with Gasteiger partial charge in [-0.3, -0.25) is 9.36 Å². The average molecular weight is 379 g/mol. The summed E-state index contributed by atoms with van der Waals surface area (Å²) in [4.78, 5) is 18.5.